The van der Waals surface area contributed by atoms with Crippen LogP contribution in [0.1, 0.15) is 63.9 Å². The van der Waals surface area contributed by atoms with Crippen molar-refractivity contribution in [2.24, 2.45) is 10.7 Å². The van der Waals surface area contributed by atoms with Crippen LogP contribution in [0.3, 0.4) is 0 Å². The molecule has 1 heterocycles. The normalized spacial score (nSPS) is 25.6. The van der Waals surface area contributed by atoms with Crippen LogP contribution in [0.15, 0.2) is 29.3 Å². The lowest BCUT2D eigenvalue weighted by Crippen LogP contribution is -2.49. The zero-order valence-electron chi connectivity index (χ0n) is 15.6. The highest BCUT2D eigenvalue weighted by Crippen LogP contribution is 2.30. The maximum atomic E-state index is 6.09. The zero-order valence-corrected chi connectivity index (χ0v) is 17.9. The number of hydrogen-bond donors (Lipinski definition) is 2. The van der Waals surface area contributed by atoms with Gasteiger partial charge in [-0.25, -0.2) is 4.99 Å². The standard InChI is InChI=1S/C20H32N4.HI/c1-3-15(2)16-7-9-17(10-8-16)22-20(21)23-18-13-19(14-18)24-11-5-4-6-12-24;/h7-10,15,18-19H,3-6,11-14H2,1-2H3,(H3,21,22,23);1H. The number of anilines is 1. The number of guanidine groups is 1. The molecule has 3 N–H and O–H groups in total. The van der Waals surface area contributed by atoms with Crippen LogP contribution in [-0.2, 0) is 0 Å². The average molecular weight is 456 g/mol. The quantitative estimate of drug-likeness (QED) is 0.388. The second kappa shape index (κ2) is 9.76. The molecule has 0 radical (unpaired) electrons. The molecule has 1 aromatic carbocycles. The summed E-state index contributed by atoms with van der Waals surface area (Å²) in [6.07, 6.45) is 7.61. The number of likely N-dealkylation sites (tertiary alicyclic amines) is 1. The van der Waals surface area contributed by atoms with E-state index in [4.69, 9.17) is 5.73 Å². The predicted molar refractivity (Wildman–Crippen MR) is 118 cm³/mol. The van der Waals surface area contributed by atoms with E-state index in [2.05, 4.69) is 53.3 Å². The summed E-state index contributed by atoms with van der Waals surface area (Å²) in [7, 11) is 0. The van der Waals surface area contributed by atoms with E-state index in [-0.39, 0.29) is 24.0 Å². The van der Waals surface area contributed by atoms with Crippen LogP contribution in [0.2, 0.25) is 0 Å². The first-order valence-electron chi connectivity index (χ1n) is 9.60. The molecule has 3 rings (SSSR count). The van der Waals surface area contributed by atoms with Gasteiger partial charge in [0.15, 0.2) is 5.96 Å². The number of piperidine rings is 1. The number of nitrogens with two attached hydrogens (primary N) is 1. The van der Waals surface area contributed by atoms with Gasteiger partial charge in [0.2, 0.25) is 0 Å². The van der Waals surface area contributed by atoms with Crippen molar-refractivity contribution < 1.29 is 0 Å². The fourth-order valence-corrected chi connectivity index (χ4v) is 3.75. The van der Waals surface area contributed by atoms with Crippen LogP contribution in [0.5, 0.6) is 0 Å². The van der Waals surface area contributed by atoms with Gasteiger partial charge in [-0.2, -0.15) is 0 Å². The topological polar surface area (TPSA) is 53.6 Å². The molecule has 0 aromatic heterocycles. The molecule has 0 spiro atoms. The Morgan fingerprint density at radius 3 is 2.44 bits per heavy atom. The monoisotopic (exact) mass is 456 g/mol. The first-order valence-corrected chi connectivity index (χ1v) is 9.60. The third-order valence-electron chi connectivity index (χ3n) is 5.68. The van der Waals surface area contributed by atoms with Gasteiger partial charge in [-0.1, -0.05) is 32.4 Å². The molecule has 5 heteroatoms. The lowest BCUT2D eigenvalue weighted by molar-refractivity contribution is 0.0912. The van der Waals surface area contributed by atoms with E-state index in [9.17, 15) is 0 Å². The van der Waals surface area contributed by atoms with Crippen LogP contribution in [0, 0.1) is 0 Å². The first kappa shape index (κ1) is 20.5. The highest BCUT2D eigenvalue weighted by atomic mass is 127. The Balaban J connectivity index is 0.00000225. The maximum Gasteiger partial charge on any atom is 0.193 e. The van der Waals surface area contributed by atoms with Gasteiger partial charge in [0.25, 0.3) is 0 Å². The molecule has 0 amide bonds. The van der Waals surface area contributed by atoms with E-state index in [0.717, 1.165) is 31.0 Å². The Kier molecular flexibility index (Phi) is 8.00. The number of halogens is 1. The Morgan fingerprint density at radius 1 is 1.20 bits per heavy atom. The lowest BCUT2D eigenvalue weighted by atomic mass is 9.85. The van der Waals surface area contributed by atoms with Crippen molar-refractivity contribution >= 4 is 35.6 Å². The number of aliphatic imine (C=N–C) groups is 1. The molecular weight excluding hydrogens is 423 g/mol. The maximum absolute atomic E-state index is 6.09. The number of benzene rings is 1. The van der Waals surface area contributed by atoms with Crippen LogP contribution in [0.25, 0.3) is 0 Å². The Bertz CT molecular complexity index is 545. The molecule has 140 valence electrons. The van der Waals surface area contributed by atoms with Gasteiger partial charge in [0.05, 0.1) is 6.04 Å². The van der Waals surface area contributed by atoms with Crippen molar-refractivity contribution in [1.29, 1.82) is 0 Å². The van der Waals surface area contributed by atoms with Crippen molar-refractivity contribution in [3.63, 3.8) is 0 Å². The van der Waals surface area contributed by atoms with Gasteiger partial charge in [-0.05, 0) is 68.8 Å². The third-order valence-corrected chi connectivity index (χ3v) is 5.68. The van der Waals surface area contributed by atoms with Crippen molar-refractivity contribution in [1.82, 2.24) is 4.90 Å². The van der Waals surface area contributed by atoms with Gasteiger partial charge < -0.3 is 16.0 Å². The Morgan fingerprint density at radius 2 is 1.84 bits per heavy atom. The average Bonchev–Trinajstić information content (AvgIpc) is 2.58. The van der Waals surface area contributed by atoms with Gasteiger partial charge in [0.1, 0.15) is 0 Å². The number of nitrogens with zero attached hydrogens (tertiary/aromatic N) is 2. The summed E-state index contributed by atoms with van der Waals surface area (Å²) >= 11 is 0. The van der Waals surface area contributed by atoms with Gasteiger partial charge in [-0.3, -0.25) is 0 Å². The minimum atomic E-state index is 0. The Hall–Kier alpha value is -0.820. The molecule has 1 aliphatic carbocycles. The molecule has 2 fully saturated rings. The SMILES string of the molecule is CCC(C)c1ccc(NC(N)=NC2CC(N3CCCCC3)C2)cc1.I. The van der Waals surface area contributed by atoms with E-state index in [1.165, 1.54) is 37.9 Å². The lowest BCUT2D eigenvalue weighted by Gasteiger charge is -2.43. The first-order chi connectivity index (χ1) is 11.7. The number of hydrogen-bond acceptors (Lipinski definition) is 2. The van der Waals surface area contributed by atoms with Crippen LogP contribution >= 0.6 is 24.0 Å². The van der Waals surface area contributed by atoms with E-state index < -0.39 is 0 Å². The molecule has 1 atom stereocenters. The van der Waals surface area contributed by atoms with E-state index in [1.807, 2.05) is 0 Å². The molecule has 1 aromatic rings. The van der Waals surface area contributed by atoms with Crippen molar-refractivity contribution in [3.8, 4) is 0 Å². The Labute approximate surface area is 169 Å². The molecular formula is C20H33IN4. The summed E-state index contributed by atoms with van der Waals surface area (Å²) in [4.78, 5) is 7.30. The molecule has 25 heavy (non-hydrogen) atoms. The molecule has 4 nitrogen and oxygen atoms in total. The largest absolute Gasteiger partial charge is 0.370 e. The summed E-state index contributed by atoms with van der Waals surface area (Å²) in [6, 6.07) is 9.69. The summed E-state index contributed by atoms with van der Waals surface area (Å²) in [5, 5.41) is 3.23. The van der Waals surface area contributed by atoms with Gasteiger partial charge in [0, 0.05) is 11.7 Å². The van der Waals surface area contributed by atoms with E-state index in [0.29, 0.717) is 17.9 Å². The highest BCUT2D eigenvalue weighted by molar-refractivity contribution is 14.0. The number of rotatable bonds is 5. The zero-order chi connectivity index (χ0) is 16.9. The second-order valence-corrected chi connectivity index (χ2v) is 7.45. The molecule has 0 bridgehead atoms. The molecule has 1 unspecified atom stereocenters. The summed E-state index contributed by atoms with van der Waals surface area (Å²) in [6.45, 7) is 7.03. The predicted octanol–water partition coefficient (Wildman–Crippen LogP) is 4.56. The fourth-order valence-electron chi connectivity index (χ4n) is 3.75. The van der Waals surface area contributed by atoms with E-state index in [1.54, 1.807) is 0 Å². The molecule has 1 saturated carbocycles. The molecule has 1 aliphatic heterocycles. The minimum Gasteiger partial charge on any atom is -0.370 e. The van der Waals surface area contributed by atoms with Crippen LogP contribution in [-0.4, -0.2) is 36.0 Å². The summed E-state index contributed by atoms with van der Waals surface area (Å²) in [5.74, 6) is 1.15. The minimum absolute atomic E-state index is 0. The van der Waals surface area contributed by atoms with Crippen molar-refractivity contribution in [2.75, 3.05) is 18.4 Å². The number of nitrogens with one attached hydrogen (secondary N) is 1. The van der Waals surface area contributed by atoms with Gasteiger partial charge >= 0.3 is 0 Å². The summed E-state index contributed by atoms with van der Waals surface area (Å²) < 4.78 is 0. The molecule has 1 saturated heterocycles. The summed E-state index contributed by atoms with van der Waals surface area (Å²) in [5.41, 5.74) is 8.49. The van der Waals surface area contributed by atoms with Crippen molar-refractivity contribution in [3.05, 3.63) is 29.8 Å². The fraction of sp³-hybridized carbons (Fsp3) is 0.650. The van der Waals surface area contributed by atoms with Gasteiger partial charge in [-0.15, -0.1) is 24.0 Å². The van der Waals surface area contributed by atoms with Crippen molar-refractivity contribution in [2.45, 2.75) is 70.4 Å². The second-order valence-electron chi connectivity index (χ2n) is 7.45. The van der Waals surface area contributed by atoms with Crippen LogP contribution < -0.4 is 11.1 Å². The van der Waals surface area contributed by atoms with Crippen LogP contribution in [0.4, 0.5) is 5.69 Å². The third kappa shape index (κ3) is 5.58. The van der Waals surface area contributed by atoms with E-state index >= 15 is 0 Å². The molecule has 2 aliphatic rings. The highest BCUT2D eigenvalue weighted by Gasteiger charge is 2.33. The smallest absolute Gasteiger partial charge is 0.193 e.